The van der Waals surface area contributed by atoms with Gasteiger partial charge in [0, 0.05) is 20.7 Å². The first-order valence-corrected chi connectivity index (χ1v) is 6.27. The number of carbonyl (C=O) groups is 2. The highest BCUT2D eigenvalue weighted by atomic mass is 16.5. The van der Waals surface area contributed by atoms with Crippen LogP contribution in [0.1, 0.15) is 15.9 Å². The number of ether oxygens (including phenoxy) is 1. The minimum absolute atomic E-state index is 0.0517. The molecule has 0 aliphatic heterocycles. The van der Waals surface area contributed by atoms with E-state index in [4.69, 9.17) is 4.74 Å². The van der Waals surface area contributed by atoms with Gasteiger partial charge >= 0.3 is 0 Å². The number of hydrogen-bond donors (Lipinski definition) is 2. The van der Waals surface area contributed by atoms with E-state index in [-0.39, 0.29) is 23.8 Å². The predicted octanol–water partition coefficient (Wildman–Crippen LogP) is 0.535. The molecule has 0 aliphatic rings. The lowest BCUT2D eigenvalue weighted by atomic mass is 10.1. The summed E-state index contributed by atoms with van der Waals surface area (Å²) in [5.41, 5.74) is 0.811. The Morgan fingerprint density at radius 1 is 1.40 bits per heavy atom. The fraction of sp³-hybridized carbons (Fsp3) is 0.429. The molecule has 1 aromatic carbocycles. The van der Waals surface area contributed by atoms with Gasteiger partial charge in [0.25, 0.3) is 5.91 Å². The Hall–Kier alpha value is -2.08. The van der Waals surface area contributed by atoms with Crippen LogP contribution in [-0.4, -0.2) is 55.7 Å². The molecule has 0 aromatic heterocycles. The minimum Gasteiger partial charge on any atom is -0.507 e. The summed E-state index contributed by atoms with van der Waals surface area (Å²) in [5.74, 6) is -0.720. The Labute approximate surface area is 118 Å². The van der Waals surface area contributed by atoms with E-state index >= 15 is 0 Å². The SMILES string of the molecule is COCCNC(=O)CN(C)C(=O)c1cccc(C)c1O. The zero-order valence-electron chi connectivity index (χ0n) is 12.0. The maximum atomic E-state index is 12.1. The third kappa shape index (κ3) is 4.24. The van der Waals surface area contributed by atoms with Gasteiger partial charge in [-0.25, -0.2) is 0 Å². The van der Waals surface area contributed by atoms with Crippen LogP contribution in [0.25, 0.3) is 0 Å². The number of nitrogens with zero attached hydrogens (tertiary/aromatic N) is 1. The number of para-hydroxylation sites is 1. The summed E-state index contributed by atoms with van der Waals surface area (Å²) in [6, 6.07) is 4.93. The van der Waals surface area contributed by atoms with Gasteiger partial charge in [-0.05, 0) is 18.6 Å². The zero-order chi connectivity index (χ0) is 15.1. The summed E-state index contributed by atoms with van der Waals surface area (Å²) < 4.78 is 4.81. The van der Waals surface area contributed by atoms with Gasteiger partial charge in [-0.2, -0.15) is 0 Å². The van der Waals surface area contributed by atoms with E-state index < -0.39 is 5.91 Å². The van der Waals surface area contributed by atoms with Crippen molar-refractivity contribution in [1.29, 1.82) is 0 Å². The number of likely N-dealkylation sites (N-methyl/N-ethyl adjacent to an activating group) is 1. The number of aromatic hydroxyl groups is 1. The Morgan fingerprint density at radius 3 is 2.75 bits per heavy atom. The molecule has 110 valence electrons. The molecular formula is C14H20N2O4. The third-order valence-corrected chi connectivity index (χ3v) is 2.82. The molecule has 0 aliphatic carbocycles. The van der Waals surface area contributed by atoms with Crippen LogP contribution in [0.4, 0.5) is 0 Å². The Kier molecular flexibility index (Phi) is 5.99. The van der Waals surface area contributed by atoms with E-state index in [9.17, 15) is 14.7 Å². The van der Waals surface area contributed by atoms with Gasteiger partial charge in [-0.3, -0.25) is 9.59 Å². The highest BCUT2D eigenvalue weighted by Gasteiger charge is 2.18. The molecule has 0 fully saturated rings. The molecule has 0 unspecified atom stereocenters. The van der Waals surface area contributed by atoms with Crippen LogP contribution in [0.3, 0.4) is 0 Å². The van der Waals surface area contributed by atoms with Crippen molar-refractivity contribution in [3.05, 3.63) is 29.3 Å². The minimum atomic E-state index is -0.395. The number of phenols is 1. The lowest BCUT2D eigenvalue weighted by Gasteiger charge is -2.18. The second-order valence-corrected chi connectivity index (χ2v) is 4.48. The van der Waals surface area contributed by atoms with Gasteiger partial charge in [0.1, 0.15) is 5.75 Å². The van der Waals surface area contributed by atoms with Crippen molar-refractivity contribution >= 4 is 11.8 Å². The molecule has 1 aromatic rings. The van der Waals surface area contributed by atoms with Gasteiger partial charge in [0.2, 0.25) is 5.91 Å². The molecule has 0 bridgehead atoms. The monoisotopic (exact) mass is 280 g/mol. The molecule has 2 amide bonds. The molecular weight excluding hydrogens is 260 g/mol. The van der Waals surface area contributed by atoms with Gasteiger partial charge in [-0.1, -0.05) is 12.1 Å². The van der Waals surface area contributed by atoms with E-state index in [1.807, 2.05) is 0 Å². The quantitative estimate of drug-likeness (QED) is 0.745. The molecule has 20 heavy (non-hydrogen) atoms. The largest absolute Gasteiger partial charge is 0.507 e. The van der Waals surface area contributed by atoms with Crippen LogP contribution in [0.2, 0.25) is 0 Å². The second-order valence-electron chi connectivity index (χ2n) is 4.48. The molecule has 6 nitrogen and oxygen atoms in total. The van der Waals surface area contributed by atoms with E-state index in [0.717, 1.165) is 0 Å². The fourth-order valence-electron chi connectivity index (χ4n) is 1.67. The van der Waals surface area contributed by atoms with Crippen LogP contribution in [0.15, 0.2) is 18.2 Å². The van der Waals surface area contributed by atoms with E-state index in [1.54, 1.807) is 26.2 Å². The molecule has 0 saturated carbocycles. The molecule has 0 atom stereocenters. The van der Waals surface area contributed by atoms with Gasteiger partial charge in [0.15, 0.2) is 0 Å². The van der Waals surface area contributed by atoms with E-state index in [0.29, 0.717) is 18.7 Å². The van der Waals surface area contributed by atoms with E-state index in [2.05, 4.69) is 5.32 Å². The number of aryl methyl sites for hydroxylation is 1. The van der Waals surface area contributed by atoms with Crippen LogP contribution < -0.4 is 5.32 Å². The van der Waals surface area contributed by atoms with Gasteiger partial charge in [-0.15, -0.1) is 0 Å². The highest BCUT2D eigenvalue weighted by Crippen LogP contribution is 2.22. The van der Waals surface area contributed by atoms with E-state index in [1.165, 1.54) is 18.0 Å². The topological polar surface area (TPSA) is 78.9 Å². The first-order valence-electron chi connectivity index (χ1n) is 6.27. The molecule has 0 radical (unpaired) electrons. The van der Waals surface area contributed by atoms with Crippen LogP contribution >= 0.6 is 0 Å². The van der Waals surface area contributed by atoms with Crippen molar-refractivity contribution in [2.24, 2.45) is 0 Å². The maximum absolute atomic E-state index is 12.1. The summed E-state index contributed by atoms with van der Waals surface area (Å²) >= 11 is 0. The van der Waals surface area contributed by atoms with Crippen molar-refractivity contribution in [2.75, 3.05) is 33.9 Å². The number of carbonyl (C=O) groups excluding carboxylic acids is 2. The summed E-state index contributed by atoms with van der Waals surface area (Å²) in [6.07, 6.45) is 0. The first-order chi connectivity index (χ1) is 9.47. The average Bonchev–Trinajstić information content (AvgIpc) is 2.41. The number of hydrogen-bond acceptors (Lipinski definition) is 4. The molecule has 1 rings (SSSR count). The van der Waals surface area contributed by atoms with Crippen molar-refractivity contribution in [3.63, 3.8) is 0 Å². The number of nitrogens with one attached hydrogen (secondary N) is 1. The molecule has 0 saturated heterocycles. The third-order valence-electron chi connectivity index (χ3n) is 2.82. The molecule has 2 N–H and O–H groups in total. The van der Waals surface area contributed by atoms with Gasteiger partial charge < -0.3 is 20.1 Å². The standard InChI is InChI=1S/C14H20N2O4/c1-10-5-4-6-11(13(10)18)14(19)16(2)9-12(17)15-7-8-20-3/h4-6,18H,7-9H2,1-3H3,(H,15,17). The summed E-state index contributed by atoms with van der Waals surface area (Å²) in [7, 11) is 3.06. The highest BCUT2D eigenvalue weighted by molar-refractivity contribution is 5.98. The van der Waals surface area contributed by atoms with Crippen molar-refractivity contribution in [2.45, 2.75) is 6.92 Å². The molecule has 0 spiro atoms. The second kappa shape index (κ2) is 7.49. The van der Waals surface area contributed by atoms with Crippen LogP contribution in [-0.2, 0) is 9.53 Å². The molecule has 0 heterocycles. The number of phenolic OH excluding ortho intramolecular Hbond substituents is 1. The predicted molar refractivity (Wildman–Crippen MR) is 74.7 cm³/mol. The first kappa shape index (κ1) is 16.0. The Morgan fingerprint density at radius 2 is 2.10 bits per heavy atom. The summed E-state index contributed by atoms with van der Waals surface area (Å²) in [6.45, 7) is 2.45. The normalized spacial score (nSPS) is 10.2. The maximum Gasteiger partial charge on any atom is 0.257 e. The number of methoxy groups -OCH3 is 1. The van der Waals surface area contributed by atoms with Crippen molar-refractivity contribution in [1.82, 2.24) is 10.2 Å². The van der Waals surface area contributed by atoms with Crippen molar-refractivity contribution in [3.8, 4) is 5.75 Å². The number of benzene rings is 1. The number of amides is 2. The summed E-state index contributed by atoms with van der Waals surface area (Å²) in [4.78, 5) is 25.0. The fourth-order valence-corrected chi connectivity index (χ4v) is 1.67. The van der Waals surface area contributed by atoms with Crippen molar-refractivity contribution < 1.29 is 19.4 Å². The van der Waals surface area contributed by atoms with Gasteiger partial charge in [0.05, 0.1) is 18.7 Å². The summed E-state index contributed by atoms with van der Waals surface area (Å²) in [5, 5.41) is 12.5. The lowest BCUT2D eigenvalue weighted by Crippen LogP contribution is -2.39. The average molecular weight is 280 g/mol. The van der Waals surface area contributed by atoms with Crippen LogP contribution in [0.5, 0.6) is 5.75 Å². The Balaban J connectivity index is 2.63. The number of rotatable bonds is 6. The zero-order valence-corrected chi connectivity index (χ0v) is 12.0. The molecule has 6 heteroatoms. The van der Waals surface area contributed by atoms with Crippen LogP contribution in [0, 0.1) is 6.92 Å². The smallest absolute Gasteiger partial charge is 0.257 e. The Bertz CT molecular complexity index is 488. The lowest BCUT2D eigenvalue weighted by molar-refractivity contribution is -0.121.